The first-order chi connectivity index (χ1) is 9.62. The second-order valence-electron chi connectivity index (χ2n) is 5.01. The summed E-state index contributed by atoms with van der Waals surface area (Å²) < 4.78 is 0. The molecule has 1 aromatic heterocycles. The van der Waals surface area contributed by atoms with Crippen molar-refractivity contribution < 1.29 is 14.7 Å². The van der Waals surface area contributed by atoms with Crippen molar-refractivity contribution in [2.45, 2.75) is 44.1 Å². The molecule has 1 fully saturated rings. The molecule has 0 unspecified atom stereocenters. The lowest BCUT2D eigenvalue weighted by Gasteiger charge is -2.33. The third-order valence-electron chi connectivity index (χ3n) is 3.58. The van der Waals surface area contributed by atoms with Crippen LogP contribution in [0.4, 0.5) is 4.79 Å². The van der Waals surface area contributed by atoms with E-state index in [2.05, 4.69) is 25.8 Å². The lowest BCUT2D eigenvalue weighted by Crippen LogP contribution is -2.58. The van der Waals surface area contributed by atoms with Gasteiger partial charge in [-0.15, -0.1) is 0 Å². The predicted molar refractivity (Wildman–Crippen MR) is 70.1 cm³/mol. The molecule has 0 atom stereocenters. The number of carboxylic acids is 1. The van der Waals surface area contributed by atoms with E-state index in [1.807, 2.05) is 0 Å². The van der Waals surface area contributed by atoms with Gasteiger partial charge in [-0.05, 0) is 12.8 Å². The zero-order valence-electron chi connectivity index (χ0n) is 11.2. The van der Waals surface area contributed by atoms with Crippen molar-refractivity contribution in [2.24, 2.45) is 0 Å². The Morgan fingerprint density at radius 2 is 2.10 bits per heavy atom. The fourth-order valence-electron chi connectivity index (χ4n) is 2.45. The Morgan fingerprint density at radius 1 is 1.35 bits per heavy atom. The van der Waals surface area contributed by atoms with Gasteiger partial charge in [0.15, 0.2) is 0 Å². The number of hydrogen-bond acceptors (Lipinski definition) is 4. The smallest absolute Gasteiger partial charge is 0.329 e. The highest BCUT2D eigenvalue weighted by molar-refractivity contribution is 5.86. The molecule has 1 aromatic rings. The van der Waals surface area contributed by atoms with Crippen LogP contribution in [-0.2, 0) is 11.2 Å². The number of aromatic nitrogens is 3. The van der Waals surface area contributed by atoms with Gasteiger partial charge in [-0.1, -0.05) is 19.3 Å². The van der Waals surface area contributed by atoms with Gasteiger partial charge in [-0.2, -0.15) is 5.10 Å². The fourth-order valence-corrected chi connectivity index (χ4v) is 2.45. The zero-order chi connectivity index (χ0) is 14.4. The number of aromatic amines is 1. The molecule has 8 nitrogen and oxygen atoms in total. The molecular weight excluding hydrogens is 262 g/mol. The van der Waals surface area contributed by atoms with E-state index >= 15 is 0 Å². The standard InChI is InChI=1S/C12H19N5O3/c18-10(19)12(5-2-1-3-6-12)16-11(20)13-7-4-9-14-8-15-17-9/h8H,1-7H2,(H,18,19)(H2,13,16,20)(H,14,15,17). The minimum absolute atomic E-state index is 0.372. The molecule has 2 rings (SSSR count). The Balaban J connectivity index is 1.81. The highest BCUT2D eigenvalue weighted by Crippen LogP contribution is 2.28. The molecule has 0 saturated heterocycles. The topological polar surface area (TPSA) is 120 Å². The summed E-state index contributed by atoms with van der Waals surface area (Å²) in [7, 11) is 0. The average Bonchev–Trinajstić information content (AvgIpc) is 2.93. The molecule has 0 radical (unpaired) electrons. The molecule has 8 heteroatoms. The van der Waals surface area contributed by atoms with Crippen molar-refractivity contribution in [2.75, 3.05) is 6.54 Å². The second kappa shape index (κ2) is 6.36. The van der Waals surface area contributed by atoms with Crippen LogP contribution < -0.4 is 10.6 Å². The van der Waals surface area contributed by atoms with Crippen LogP contribution in [0.3, 0.4) is 0 Å². The van der Waals surface area contributed by atoms with Gasteiger partial charge in [0.2, 0.25) is 0 Å². The first-order valence-corrected chi connectivity index (χ1v) is 6.76. The molecular formula is C12H19N5O3. The number of amides is 2. The number of nitrogens with zero attached hydrogens (tertiary/aromatic N) is 2. The van der Waals surface area contributed by atoms with Gasteiger partial charge in [0.25, 0.3) is 0 Å². The summed E-state index contributed by atoms with van der Waals surface area (Å²) in [6.45, 7) is 0.372. The first-order valence-electron chi connectivity index (χ1n) is 6.76. The number of rotatable bonds is 5. The fraction of sp³-hybridized carbons (Fsp3) is 0.667. The van der Waals surface area contributed by atoms with E-state index in [4.69, 9.17) is 0 Å². The Kier molecular flexibility index (Phi) is 4.54. The van der Waals surface area contributed by atoms with E-state index in [9.17, 15) is 14.7 Å². The largest absolute Gasteiger partial charge is 0.480 e. The van der Waals surface area contributed by atoms with Gasteiger partial charge in [-0.3, -0.25) is 5.10 Å². The summed E-state index contributed by atoms with van der Waals surface area (Å²) in [6.07, 6.45) is 5.55. The maximum Gasteiger partial charge on any atom is 0.329 e. The molecule has 1 saturated carbocycles. The summed E-state index contributed by atoms with van der Waals surface area (Å²) in [4.78, 5) is 27.2. The zero-order valence-corrected chi connectivity index (χ0v) is 11.2. The Labute approximate surface area is 116 Å². The van der Waals surface area contributed by atoms with Crippen LogP contribution in [-0.4, -0.2) is 44.4 Å². The molecule has 1 heterocycles. The minimum Gasteiger partial charge on any atom is -0.480 e. The molecule has 4 N–H and O–H groups in total. The SMILES string of the molecule is O=C(NCCc1ncn[nH]1)NC1(C(=O)O)CCCCC1. The van der Waals surface area contributed by atoms with Crippen LogP contribution in [0.5, 0.6) is 0 Å². The Bertz CT molecular complexity index is 454. The molecule has 20 heavy (non-hydrogen) atoms. The molecule has 0 aliphatic heterocycles. The van der Waals surface area contributed by atoms with Gasteiger partial charge in [0, 0.05) is 13.0 Å². The van der Waals surface area contributed by atoms with Crippen molar-refractivity contribution in [3.8, 4) is 0 Å². The molecule has 1 aliphatic rings. The molecule has 2 amide bonds. The van der Waals surface area contributed by atoms with Crippen molar-refractivity contribution in [1.29, 1.82) is 0 Å². The van der Waals surface area contributed by atoms with E-state index in [0.717, 1.165) is 19.3 Å². The molecule has 0 aromatic carbocycles. The van der Waals surface area contributed by atoms with Crippen molar-refractivity contribution in [3.05, 3.63) is 12.2 Å². The maximum absolute atomic E-state index is 11.8. The van der Waals surface area contributed by atoms with Gasteiger partial charge in [0.1, 0.15) is 17.7 Å². The summed E-state index contributed by atoms with van der Waals surface area (Å²) in [5, 5.41) is 21.0. The van der Waals surface area contributed by atoms with Crippen LogP contribution in [0.1, 0.15) is 37.9 Å². The van der Waals surface area contributed by atoms with Crippen molar-refractivity contribution in [3.63, 3.8) is 0 Å². The van der Waals surface area contributed by atoms with Crippen molar-refractivity contribution in [1.82, 2.24) is 25.8 Å². The van der Waals surface area contributed by atoms with E-state index in [-0.39, 0.29) is 0 Å². The lowest BCUT2D eigenvalue weighted by molar-refractivity contribution is -0.145. The third kappa shape index (κ3) is 3.46. The number of nitrogens with one attached hydrogen (secondary N) is 3. The highest BCUT2D eigenvalue weighted by Gasteiger charge is 2.40. The number of carboxylic acid groups (broad SMARTS) is 1. The number of aliphatic carboxylic acids is 1. The first kappa shape index (κ1) is 14.3. The Hall–Kier alpha value is -2.12. The molecule has 0 spiro atoms. The second-order valence-corrected chi connectivity index (χ2v) is 5.01. The lowest BCUT2D eigenvalue weighted by atomic mass is 9.82. The van der Waals surface area contributed by atoms with E-state index in [1.165, 1.54) is 6.33 Å². The van der Waals surface area contributed by atoms with Crippen LogP contribution in [0, 0.1) is 0 Å². The van der Waals surface area contributed by atoms with Crippen LogP contribution >= 0.6 is 0 Å². The number of H-pyrrole nitrogens is 1. The number of urea groups is 1. The van der Waals surface area contributed by atoms with Gasteiger partial charge < -0.3 is 15.7 Å². The number of hydrogen-bond donors (Lipinski definition) is 4. The summed E-state index contributed by atoms with van der Waals surface area (Å²) in [5.74, 6) is -0.279. The Morgan fingerprint density at radius 3 is 2.70 bits per heavy atom. The van der Waals surface area contributed by atoms with Gasteiger partial charge >= 0.3 is 12.0 Å². The quantitative estimate of drug-likeness (QED) is 0.624. The van der Waals surface area contributed by atoms with E-state index in [1.54, 1.807) is 0 Å². The summed E-state index contributed by atoms with van der Waals surface area (Å²) in [6, 6.07) is -0.450. The summed E-state index contributed by atoms with van der Waals surface area (Å²) in [5.41, 5.74) is -1.12. The summed E-state index contributed by atoms with van der Waals surface area (Å²) >= 11 is 0. The average molecular weight is 281 g/mol. The van der Waals surface area contributed by atoms with Crippen LogP contribution in [0.2, 0.25) is 0 Å². The van der Waals surface area contributed by atoms with Gasteiger partial charge in [-0.25, -0.2) is 14.6 Å². The third-order valence-corrected chi connectivity index (χ3v) is 3.58. The predicted octanol–water partition coefficient (Wildman–Crippen LogP) is 0.434. The molecule has 1 aliphatic carbocycles. The normalized spacial score (nSPS) is 17.4. The number of carbonyl (C=O) groups is 2. The van der Waals surface area contributed by atoms with Crippen LogP contribution in [0.25, 0.3) is 0 Å². The highest BCUT2D eigenvalue weighted by atomic mass is 16.4. The van der Waals surface area contributed by atoms with Gasteiger partial charge in [0.05, 0.1) is 0 Å². The van der Waals surface area contributed by atoms with E-state index < -0.39 is 17.5 Å². The maximum atomic E-state index is 11.8. The number of carbonyl (C=O) groups excluding carboxylic acids is 1. The molecule has 110 valence electrons. The van der Waals surface area contributed by atoms with Crippen LogP contribution in [0.15, 0.2) is 6.33 Å². The van der Waals surface area contributed by atoms with E-state index in [0.29, 0.717) is 31.6 Å². The molecule has 0 bridgehead atoms. The monoisotopic (exact) mass is 281 g/mol. The van der Waals surface area contributed by atoms with Crippen molar-refractivity contribution >= 4 is 12.0 Å². The minimum atomic E-state index is -1.12.